The number of nitrogens with one attached hydrogen (secondary N) is 1. The minimum absolute atomic E-state index is 0.309. The summed E-state index contributed by atoms with van der Waals surface area (Å²) in [4.78, 5) is 11.3. The molecule has 6 nitrogen and oxygen atoms in total. The summed E-state index contributed by atoms with van der Waals surface area (Å²) in [5.41, 5.74) is 0.899. The second-order valence-corrected chi connectivity index (χ2v) is 5.72. The molecule has 2 rings (SSSR count). The topological polar surface area (TPSA) is 77.0 Å². The molecule has 0 spiro atoms. The van der Waals surface area contributed by atoms with Gasteiger partial charge < -0.3 is 24.6 Å². The van der Waals surface area contributed by atoms with E-state index in [1.807, 2.05) is 26.0 Å². The van der Waals surface area contributed by atoms with Crippen LogP contribution in [0.3, 0.4) is 0 Å². The SMILES string of the molecule is COc1cc(CN[C@H](CC(C)C)C(=O)O)cc2c1OCCO2. The van der Waals surface area contributed by atoms with Crippen molar-refractivity contribution in [3.05, 3.63) is 17.7 Å². The molecule has 0 amide bonds. The van der Waals surface area contributed by atoms with Crippen LogP contribution in [0.25, 0.3) is 0 Å². The number of carbonyl (C=O) groups is 1. The lowest BCUT2D eigenvalue weighted by Gasteiger charge is -2.22. The summed E-state index contributed by atoms with van der Waals surface area (Å²) < 4.78 is 16.5. The fourth-order valence-electron chi connectivity index (χ4n) is 2.41. The maximum Gasteiger partial charge on any atom is 0.320 e. The summed E-state index contributed by atoms with van der Waals surface area (Å²) in [6.07, 6.45) is 0.580. The summed E-state index contributed by atoms with van der Waals surface area (Å²) in [7, 11) is 1.57. The van der Waals surface area contributed by atoms with E-state index in [0.29, 0.717) is 49.3 Å². The van der Waals surface area contributed by atoms with Crippen LogP contribution in [-0.4, -0.2) is 37.4 Å². The summed E-state index contributed by atoms with van der Waals surface area (Å²) in [6, 6.07) is 3.13. The van der Waals surface area contributed by atoms with E-state index in [-0.39, 0.29) is 0 Å². The normalized spacial score (nSPS) is 14.7. The molecule has 122 valence electrons. The molecule has 0 aliphatic carbocycles. The Morgan fingerprint density at radius 2 is 2.09 bits per heavy atom. The molecule has 0 bridgehead atoms. The number of methoxy groups -OCH3 is 1. The highest BCUT2D eigenvalue weighted by atomic mass is 16.6. The minimum atomic E-state index is -0.835. The van der Waals surface area contributed by atoms with Crippen molar-refractivity contribution >= 4 is 5.97 Å². The fraction of sp³-hybridized carbons (Fsp3) is 0.562. The zero-order valence-corrected chi connectivity index (χ0v) is 13.2. The van der Waals surface area contributed by atoms with Gasteiger partial charge in [-0.3, -0.25) is 4.79 Å². The van der Waals surface area contributed by atoms with Gasteiger partial charge in [-0.15, -0.1) is 0 Å². The molecule has 1 heterocycles. The monoisotopic (exact) mass is 309 g/mol. The molecule has 1 aromatic carbocycles. The highest BCUT2D eigenvalue weighted by Gasteiger charge is 2.21. The lowest BCUT2D eigenvalue weighted by atomic mass is 10.0. The molecule has 1 atom stereocenters. The molecule has 0 fully saturated rings. The van der Waals surface area contributed by atoms with Crippen LogP contribution in [-0.2, 0) is 11.3 Å². The zero-order valence-electron chi connectivity index (χ0n) is 13.2. The Morgan fingerprint density at radius 1 is 1.36 bits per heavy atom. The third-order valence-corrected chi connectivity index (χ3v) is 3.45. The van der Waals surface area contributed by atoms with Gasteiger partial charge in [0.05, 0.1) is 7.11 Å². The van der Waals surface area contributed by atoms with Gasteiger partial charge in [-0.1, -0.05) is 13.8 Å². The number of benzene rings is 1. The molecule has 1 aliphatic heterocycles. The summed E-state index contributed by atoms with van der Waals surface area (Å²) in [5, 5.41) is 12.3. The van der Waals surface area contributed by atoms with Crippen molar-refractivity contribution in [3.8, 4) is 17.2 Å². The first-order valence-electron chi connectivity index (χ1n) is 7.44. The van der Waals surface area contributed by atoms with Gasteiger partial charge in [-0.25, -0.2) is 0 Å². The van der Waals surface area contributed by atoms with E-state index in [2.05, 4.69) is 5.32 Å². The van der Waals surface area contributed by atoms with Crippen LogP contribution in [0, 0.1) is 5.92 Å². The highest BCUT2D eigenvalue weighted by Crippen LogP contribution is 2.40. The summed E-state index contributed by atoms with van der Waals surface area (Å²) in [5.74, 6) is 1.32. The van der Waals surface area contributed by atoms with Crippen molar-refractivity contribution in [1.82, 2.24) is 5.32 Å². The van der Waals surface area contributed by atoms with Gasteiger partial charge in [0, 0.05) is 6.54 Å². The molecule has 0 aromatic heterocycles. The Balaban J connectivity index is 2.10. The van der Waals surface area contributed by atoms with Crippen LogP contribution in [0.2, 0.25) is 0 Å². The predicted octanol–water partition coefficient (Wildman–Crippen LogP) is 2.06. The van der Waals surface area contributed by atoms with E-state index in [1.54, 1.807) is 7.11 Å². The van der Waals surface area contributed by atoms with E-state index < -0.39 is 12.0 Å². The third kappa shape index (κ3) is 4.04. The number of aliphatic carboxylic acids is 1. The summed E-state index contributed by atoms with van der Waals surface area (Å²) >= 11 is 0. The molecule has 0 unspecified atom stereocenters. The van der Waals surface area contributed by atoms with Crippen LogP contribution in [0.4, 0.5) is 0 Å². The number of hydrogen-bond donors (Lipinski definition) is 2. The first kappa shape index (κ1) is 16.4. The molecule has 22 heavy (non-hydrogen) atoms. The average molecular weight is 309 g/mol. The van der Waals surface area contributed by atoms with Gasteiger partial charge >= 0.3 is 5.97 Å². The van der Waals surface area contributed by atoms with E-state index in [4.69, 9.17) is 14.2 Å². The van der Waals surface area contributed by atoms with Crippen LogP contribution in [0.1, 0.15) is 25.8 Å². The maximum atomic E-state index is 11.3. The van der Waals surface area contributed by atoms with Crippen LogP contribution < -0.4 is 19.5 Å². The molecule has 0 radical (unpaired) electrons. The zero-order chi connectivity index (χ0) is 16.1. The van der Waals surface area contributed by atoms with Gasteiger partial charge in [0.1, 0.15) is 19.3 Å². The van der Waals surface area contributed by atoms with Crippen LogP contribution in [0.15, 0.2) is 12.1 Å². The quantitative estimate of drug-likeness (QED) is 0.803. The molecule has 2 N–H and O–H groups in total. The van der Waals surface area contributed by atoms with Gasteiger partial charge in [-0.2, -0.15) is 0 Å². The first-order valence-corrected chi connectivity index (χ1v) is 7.44. The van der Waals surface area contributed by atoms with Crippen molar-refractivity contribution < 1.29 is 24.1 Å². The molecule has 0 saturated heterocycles. The van der Waals surface area contributed by atoms with E-state index in [9.17, 15) is 9.90 Å². The number of carboxylic acid groups (broad SMARTS) is 1. The maximum absolute atomic E-state index is 11.3. The van der Waals surface area contributed by atoms with E-state index in [1.165, 1.54) is 0 Å². The molecular weight excluding hydrogens is 286 g/mol. The number of carboxylic acids is 1. The Hall–Kier alpha value is -1.95. The van der Waals surface area contributed by atoms with Gasteiger partial charge in [0.25, 0.3) is 0 Å². The van der Waals surface area contributed by atoms with Crippen molar-refractivity contribution in [1.29, 1.82) is 0 Å². The minimum Gasteiger partial charge on any atom is -0.493 e. The smallest absolute Gasteiger partial charge is 0.320 e. The molecule has 6 heteroatoms. The second kappa shape index (κ2) is 7.35. The Kier molecular flexibility index (Phi) is 5.49. The second-order valence-electron chi connectivity index (χ2n) is 5.72. The lowest BCUT2D eigenvalue weighted by Crippen LogP contribution is -2.37. The van der Waals surface area contributed by atoms with Crippen molar-refractivity contribution in [2.75, 3.05) is 20.3 Å². The number of hydrogen-bond acceptors (Lipinski definition) is 5. The largest absolute Gasteiger partial charge is 0.493 e. The molecule has 1 aromatic rings. The number of rotatable bonds is 7. The van der Waals surface area contributed by atoms with Gasteiger partial charge in [-0.05, 0) is 30.0 Å². The first-order chi connectivity index (χ1) is 10.5. The Labute approximate surface area is 130 Å². The third-order valence-electron chi connectivity index (χ3n) is 3.45. The molecule has 1 aliphatic rings. The standard InChI is InChI=1S/C16H23NO5/c1-10(2)6-12(16(18)19)17-9-11-7-13(20-3)15-14(8-11)21-4-5-22-15/h7-8,10,12,17H,4-6,9H2,1-3H3,(H,18,19)/t12-/m1/s1. The van der Waals surface area contributed by atoms with Gasteiger partial charge in [0.2, 0.25) is 5.75 Å². The average Bonchev–Trinajstić information content (AvgIpc) is 2.49. The Bertz CT molecular complexity index is 512. The highest BCUT2D eigenvalue weighted by molar-refractivity contribution is 5.73. The van der Waals surface area contributed by atoms with Crippen molar-refractivity contribution in [2.24, 2.45) is 5.92 Å². The van der Waals surface area contributed by atoms with E-state index >= 15 is 0 Å². The van der Waals surface area contributed by atoms with Gasteiger partial charge in [0.15, 0.2) is 11.5 Å². The van der Waals surface area contributed by atoms with Crippen molar-refractivity contribution in [2.45, 2.75) is 32.9 Å². The summed E-state index contributed by atoms with van der Waals surface area (Å²) in [6.45, 7) is 5.43. The fourth-order valence-corrected chi connectivity index (χ4v) is 2.41. The predicted molar refractivity (Wildman–Crippen MR) is 81.7 cm³/mol. The van der Waals surface area contributed by atoms with E-state index in [0.717, 1.165) is 5.56 Å². The molecular formula is C16H23NO5. The molecule has 0 saturated carbocycles. The van der Waals surface area contributed by atoms with Crippen LogP contribution >= 0.6 is 0 Å². The lowest BCUT2D eigenvalue weighted by molar-refractivity contribution is -0.140. The number of fused-ring (bicyclic) bond motifs is 1. The Morgan fingerprint density at radius 3 is 2.73 bits per heavy atom. The van der Waals surface area contributed by atoms with Crippen LogP contribution in [0.5, 0.6) is 17.2 Å². The number of ether oxygens (including phenoxy) is 3. The van der Waals surface area contributed by atoms with Crippen molar-refractivity contribution in [3.63, 3.8) is 0 Å².